The molecule has 1 heterocycles. The molecule has 0 aromatic carbocycles. The first-order chi connectivity index (χ1) is 11.8. The lowest BCUT2D eigenvalue weighted by molar-refractivity contribution is -0.149. The van der Waals surface area contributed by atoms with Crippen molar-refractivity contribution in [3.05, 3.63) is 47.6 Å². The number of rotatable bonds is 5. The van der Waals surface area contributed by atoms with Crippen LogP contribution in [0.4, 0.5) is 0 Å². The highest BCUT2D eigenvalue weighted by molar-refractivity contribution is 8.14. The van der Waals surface area contributed by atoms with Crippen molar-refractivity contribution in [2.75, 3.05) is 5.75 Å². The van der Waals surface area contributed by atoms with Gasteiger partial charge in [0, 0.05) is 17.7 Å². The van der Waals surface area contributed by atoms with E-state index in [9.17, 15) is 9.59 Å². The molecule has 1 aliphatic heterocycles. The largest absolute Gasteiger partial charge is 0.457 e. The first kappa shape index (κ1) is 18.2. The topological polar surface area (TPSA) is 43.4 Å². The Morgan fingerprint density at radius 3 is 2.76 bits per heavy atom. The molecule has 1 saturated heterocycles. The number of ether oxygens (including phenoxy) is 1. The molecule has 4 heteroatoms. The van der Waals surface area contributed by atoms with Crippen molar-refractivity contribution in [3.63, 3.8) is 0 Å². The molecular formula is C21H26O3S. The minimum Gasteiger partial charge on any atom is -0.457 e. The fraction of sp³-hybridized carbons (Fsp3) is 0.524. The summed E-state index contributed by atoms with van der Waals surface area (Å²) in [5.74, 6) is 0.636. The van der Waals surface area contributed by atoms with E-state index in [2.05, 4.69) is 27.0 Å². The van der Waals surface area contributed by atoms with E-state index in [1.807, 2.05) is 19.1 Å². The second-order valence-corrected chi connectivity index (χ2v) is 8.86. The zero-order chi connectivity index (χ0) is 18.4. The Bertz CT molecular complexity index is 711. The minimum absolute atomic E-state index is 0.0965. The van der Waals surface area contributed by atoms with Crippen LogP contribution in [0.3, 0.4) is 0 Å². The van der Waals surface area contributed by atoms with Gasteiger partial charge in [-0.15, -0.1) is 6.58 Å². The molecule has 3 atom stereocenters. The van der Waals surface area contributed by atoms with Crippen LogP contribution in [0.25, 0.3) is 0 Å². The van der Waals surface area contributed by atoms with Gasteiger partial charge in [0.15, 0.2) is 0 Å². The summed E-state index contributed by atoms with van der Waals surface area (Å²) in [6, 6.07) is 0. The third-order valence-corrected chi connectivity index (χ3v) is 6.77. The molecule has 1 unspecified atom stereocenters. The Balaban J connectivity index is 1.69. The van der Waals surface area contributed by atoms with Gasteiger partial charge in [0.1, 0.15) is 6.10 Å². The standard InChI is InChI=1S/C21H26O3S/c1-6-7-15-12(2)10-17(13(15)3)24-19(22)18-16(21(18,4)5)11-14-8-9-25-20(14)23/h6,11,16-18H,1-2,7-10H2,3-5H3/t16-,17?,18+/m1/s1. The molecule has 0 amide bonds. The second kappa shape index (κ2) is 6.64. The van der Waals surface area contributed by atoms with E-state index in [0.29, 0.717) is 6.42 Å². The van der Waals surface area contributed by atoms with Gasteiger partial charge in [-0.1, -0.05) is 44.3 Å². The summed E-state index contributed by atoms with van der Waals surface area (Å²) in [7, 11) is 0. The maximum atomic E-state index is 12.7. The van der Waals surface area contributed by atoms with Crippen molar-refractivity contribution < 1.29 is 14.3 Å². The average Bonchev–Trinajstić information content (AvgIpc) is 2.79. The summed E-state index contributed by atoms with van der Waals surface area (Å²) in [6.07, 6.45) is 5.93. The van der Waals surface area contributed by atoms with E-state index in [-0.39, 0.29) is 34.4 Å². The molecule has 0 spiro atoms. The Morgan fingerprint density at radius 1 is 1.44 bits per heavy atom. The maximum Gasteiger partial charge on any atom is 0.310 e. The maximum absolute atomic E-state index is 12.7. The van der Waals surface area contributed by atoms with Crippen LogP contribution in [-0.4, -0.2) is 22.9 Å². The van der Waals surface area contributed by atoms with Crippen molar-refractivity contribution >= 4 is 22.8 Å². The molecule has 1 saturated carbocycles. The summed E-state index contributed by atoms with van der Waals surface area (Å²) in [6.45, 7) is 14.0. The van der Waals surface area contributed by atoms with Crippen LogP contribution in [0.1, 0.15) is 40.0 Å². The van der Waals surface area contributed by atoms with Crippen molar-refractivity contribution in [1.82, 2.24) is 0 Å². The number of thioether (sulfide) groups is 1. The lowest BCUT2D eigenvalue weighted by Gasteiger charge is -2.14. The van der Waals surface area contributed by atoms with E-state index in [1.54, 1.807) is 0 Å². The first-order valence-electron chi connectivity index (χ1n) is 8.84. The van der Waals surface area contributed by atoms with E-state index < -0.39 is 0 Å². The molecular weight excluding hydrogens is 332 g/mol. The Labute approximate surface area is 154 Å². The lowest BCUT2D eigenvalue weighted by atomic mass is 10.1. The molecule has 0 aromatic rings. The fourth-order valence-corrected chi connectivity index (χ4v) is 4.88. The molecule has 3 rings (SSSR count). The predicted molar refractivity (Wildman–Crippen MR) is 102 cm³/mol. The van der Waals surface area contributed by atoms with Gasteiger partial charge in [0.05, 0.1) is 5.92 Å². The normalized spacial score (nSPS) is 32.4. The highest BCUT2D eigenvalue weighted by Crippen LogP contribution is 2.60. The van der Waals surface area contributed by atoms with Gasteiger partial charge in [-0.25, -0.2) is 0 Å². The van der Waals surface area contributed by atoms with Gasteiger partial charge < -0.3 is 4.74 Å². The highest BCUT2D eigenvalue weighted by atomic mass is 32.2. The summed E-state index contributed by atoms with van der Waals surface area (Å²) < 4.78 is 5.84. The van der Waals surface area contributed by atoms with Gasteiger partial charge in [0.2, 0.25) is 5.12 Å². The quantitative estimate of drug-likeness (QED) is 0.409. The van der Waals surface area contributed by atoms with Crippen LogP contribution in [0, 0.1) is 17.3 Å². The summed E-state index contributed by atoms with van der Waals surface area (Å²) in [5, 5.41) is 0.162. The van der Waals surface area contributed by atoms with Gasteiger partial charge in [-0.05, 0) is 47.8 Å². The molecule has 2 fully saturated rings. The van der Waals surface area contributed by atoms with Crippen LogP contribution in [0.2, 0.25) is 0 Å². The Kier molecular flexibility index (Phi) is 4.84. The molecule has 2 aliphatic carbocycles. The summed E-state index contributed by atoms with van der Waals surface area (Å²) in [5.41, 5.74) is 4.02. The average molecular weight is 359 g/mol. The van der Waals surface area contributed by atoms with Crippen LogP contribution in [0.15, 0.2) is 47.6 Å². The third kappa shape index (κ3) is 3.29. The molecule has 25 heavy (non-hydrogen) atoms. The van der Waals surface area contributed by atoms with Gasteiger partial charge in [-0.3, -0.25) is 9.59 Å². The van der Waals surface area contributed by atoms with Crippen LogP contribution in [0.5, 0.6) is 0 Å². The third-order valence-electron chi connectivity index (χ3n) is 5.84. The van der Waals surface area contributed by atoms with Crippen molar-refractivity contribution in [2.24, 2.45) is 17.3 Å². The van der Waals surface area contributed by atoms with Crippen molar-refractivity contribution in [3.8, 4) is 0 Å². The van der Waals surface area contributed by atoms with Crippen LogP contribution < -0.4 is 0 Å². The summed E-state index contributed by atoms with van der Waals surface area (Å²) in [4.78, 5) is 24.6. The molecule has 0 N–H and O–H groups in total. The van der Waals surface area contributed by atoms with Crippen molar-refractivity contribution in [2.45, 2.75) is 46.1 Å². The first-order valence-corrected chi connectivity index (χ1v) is 9.83. The zero-order valence-corrected chi connectivity index (χ0v) is 16.1. The van der Waals surface area contributed by atoms with Crippen LogP contribution in [-0.2, 0) is 14.3 Å². The number of allylic oxidation sites excluding steroid dienone is 3. The number of hydrogen-bond donors (Lipinski definition) is 0. The smallest absolute Gasteiger partial charge is 0.310 e. The fourth-order valence-electron chi connectivity index (χ4n) is 4.02. The second-order valence-electron chi connectivity index (χ2n) is 7.79. The van der Waals surface area contributed by atoms with E-state index in [1.165, 1.54) is 11.8 Å². The molecule has 0 aromatic heterocycles. The Morgan fingerprint density at radius 2 is 2.16 bits per heavy atom. The monoisotopic (exact) mass is 358 g/mol. The highest BCUT2D eigenvalue weighted by Gasteiger charge is 2.62. The molecule has 134 valence electrons. The number of esters is 1. The van der Waals surface area contributed by atoms with E-state index in [0.717, 1.165) is 40.9 Å². The van der Waals surface area contributed by atoms with Gasteiger partial charge in [-0.2, -0.15) is 0 Å². The van der Waals surface area contributed by atoms with E-state index in [4.69, 9.17) is 4.74 Å². The number of hydrogen-bond acceptors (Lipinski definition) is 4. The zero-order valence-electron chi connectivity index (χ0n) is 15.3. The van der Waals surface area contributed by atoms with Crippen molar-refractivity contribution in [1.29, 1.82) is 0 Å². The van der Waals surface area contributed by atoms with Crippen LogP contribution >= 0.6 is 11.8 Å². The Hall–Kier alpha value is -1.55. The van der Waals surface area contributed by atoms with Gasteiger partial charge >= 0.3 is 5.97 Å². The van der Waals surface area contributed by atoms with Gasteiger partial charge in [0.25, 0.3) is 0 Å². The summed E-state index contributed by atoms with van der Waals surface area (Å²) >= 11 is 1.37. The predicted octanol–water partition coefficient (Wildman–Crippen LogP) is 4.61. The molecule has 3 aliphatic rings. The molecule has 0 bridgehead atoms. The number of carbonyl (C=O) groups excluding carboxylic acids is 2. The number of carbonyl (C=O) groups is 2. The molecule has 0 radical (unpaired) electrons. The SMILES string of the molecule is C=CCC1=C(C)C(OC(=O)[C@@H]2[C@@H](C=C3CCSC3=O)C2(C)C)CC1=C. The molecule has 3 nitrogen and oxygen atoms in total. The van der Waals surface area contributed by atoms with E-state index >= 15 is 0 Å². The minimum atomic E-state index is -0.205. The lowest BCUT2D eigenvalue weighted by Crippen LogP contribution is -2.20.